The maximum Gasteiger partial charge on any atom is 0.264 e. The van der Waals surface area contributed by atoms with Crippen molar-refractivity contribution >= 4 is 21.9 Å². The average molecular weight is 449 g/mol. The molecule has 1 fully saturated rings. The Morgan fingerprint density at radius 1 is 1.16 bits per heavy atom. The Bertz CT molecular complexity index is 1130. The van der Waals surface area contributed by atoms with Gasteiger partial charge in [0.1, 0.15) is 5.82 Å². The zero-order valence-corrected chi connectivity index (χ0v) is 18.7. The molecule has 0 saturated heterocycles. The van der Waals surface area contributed by atoms with Crippen LogP contribution < -0.4 is 4.72 Å². The van der Waals surface area contributed by atoms with Crippen molar-refractivity contribution in [2.24, 2.45) is 5.41 Å². The van der Waals surface area contributed by atoms with Gasteiger partial charge in [-0.2, -0.15) is 0 Å². The number of alkyl halides is 2. The Labute approximate surface area is 183 Å². The number of aromatic nitrogens is 1. The third-order valence-corrected chi connectivity index (χ3v) is 6.91. The molecule has 1 unspecified atom stereocenters. The van der Waals surface area contributed by atoms with Crippen LogP contribution >= 0.6 is 0 Å². The molecule has 4 rings (SSSR count). The van der Waals surface area contributed by atoms with Gasteiger partial charge in [0.15, 0.2) is 0 Å². The molecular weight excluding hydrogens is 421 g/mol. The number of benzene rings is 2. The summed E-state index contributed by atoms with van der Waals surface area (Å²) in [5.41, 5.74) is 2.59. The smallest absolute Gasteiger partial charge is 0.264 e. The average Bonchev–Trinajstić information content (AvgIpc) is 3.49. The van der Waals surface area contributed by atoms with E-state index >= 15 is 0 Å². The lowest BCUT2D eigenvalue weighted by molar-refractivity contribution is 0.151. The van der Waals surface area contributed by atoms with E-state index in [1.807, 2.05) is 12.1 Å². The summed E-state index contributed by atoms with van der Waals surface area (Å²) in [7, 11) is -1.04. The van der Waals surface area contributed by atoms with Gasteiger partial charge in [-0.1, -0.05) is 39.0 Å². The first-order valence-electron chi connectivity index (χ1n) is 10.5. The van der Waals surface area contributed by atoms with Crippen molar-refractivity contribution in [1.82, 2.24) is 9.29 Å². The van der Waals surface area contributed by atoms with E-state index in [2.05, 4.69) is 36.3 Å². The molecule has 2 aromatic carbocycles. The molecule has 31 heavy (non-hydrogen) atoms. The van der Waals surface area contributed by atoms with Crippen LogP contribution in [0.15, 0.2) is 42.6 Å². The first-order valence-corrected chi connectivity index (χ1v) is 11.7. The van der Waals surface area contributed by atoms with Crippen LogP contribution in [-0.2, 0) is 24.1 Å². The topological polar surface area (TPSA) is 34.0 Å². The third kappa shape index (κ3) is 5.04. The predicted octanol–water partition coefficient (Wildman–Crippen LogP) is 6.35. The van der Waals surface area contributed by atoms with Crippen molar-refractivity contribution in [1.29, 1.82) is 0 Å². The highest BCUT2D eigenvalue weighted by Crippen LogP contribution is 2.35. The lowest BCUT2D eigenvalue weighted by Crippen LogP contribution is -2.19. The molecule has 1 aliphatic rings. The summed E-state index contributed by atoms with van der Waals surface area (Å²) < 4.78 is 58.1. The van der Waals surface area contributed by atoms with E-state index in [0.29, 0.717) is 17.7 Å². The lowest BCUT2D eigenvalue weighted by Gasteiger charge is -2.20. The van der Waals surface area contributed by atoms with Gasteiger partial charge in [-0.15, -0.1) is 0 Å². The van der Waals surface area contributed by atoms with Gasteiger partial charge in [0.05, 0.1) is 11.0 Å². The molecule has 1 aliphatic carbocycles. The van der Waals surface area contributed by atoms with Crippen LogP contribution in [0.2, 0.25) is 0 Å². The van der Waals surface area contributed by atoms with Crippen molar-refractivity contribution < 1.29 is 17.4 Å². The van der Waals surface area contributed by atoms with Gasteiger partial charge in [-0.3, -0.25) is 0 Å². The fraction of sp³-hybridized carbons (Fsp3) is 0.417. The maximum atomic E-state index is 13.6. The van der Waals surface area contributed by atoms with Gasteiger partial charge < -0.3 is 4.57 Å². The van der Waals surface area contributed by atoms with Crippen molar-refractivity contribution in [3.63, 3.8) is 0 Å². The standard InChI is InChI=1S/C24H27F3N2OS/c1-24(2,3)14-29-13-16(12-28-31(30)18-6-7-18)20-8-4-15(10-22(20)29)19-9-5-17(25)11-21(19)23(26)27/h4-5,8-11,13,18,23,28H,6-7,12,14H2,1-3H3. The quantitative estimate of drug-likeness (QED) is 0.449. The Morgan fingerprint density at radius 3 is 2.55 bits per heavy atom. The van der Waals surface area contributed by atoms with Crippen LogP contribution in [0, 0.1) is 11.2 Å². The molecule has 0 radical (unpaired) electrons. The van der Waals surface area contributed by atoms with Crippen LogP contribution in [0.1, 0.15) is 51.2 Å². The second-order valence-corrected chi connectivity index (χ2v) is 11.0. The third-order valence-electron chi connectivity index (χ3n) is 5.40. The molecule has 1 saturated carbocycles. The minimum Gasteiger partial charge on any atom is -0.347 e. The summed E-state index contributed by atoms with van der Waals surface area (Å²) in [6.45, 7) is 7.63. The molecule has 0 amide bonds. The van der Waals surface area contributed by atoms with Gasteiger partial charge in [0.2, 0.25) is 0 Å². The van der Waals surface area contributed by atoms with E-state index in [1.54, 1.807) is 6.07 Å². The number of nitrogens with zero attached hydrogens (tertiary/aromatic N) is 1. The number of nitrogens with one attached hydrogen (secondary N) is 1. The summed E-state index contributed by atoms with van der Waals surface area (Å²) in [5.74, 6) is -0.673. The lowest BCUT2D eigenvalue weighted by atomic mass is 9.96. The number of hydrogen-bond acceptors (Lipinski definition) is 1. The second kappa shape index (κ2) is 8.43. The van der Waals surface area contributed by atoms with Crippen molar-refractivity contribution in [2.75, 3.05) is 0 Å². The Morgan fingerprint density at radius 2 is 1.90 bits per heavy atom. The highest BCUT2D eigenvalue weighted by molar-refractivity contribution is 7.83. The maximum absolute atomic E-state index is 13.6. The fourth-order valence-electron chi connectivity index (χ4n) is 3.84. The largest absolute Gasteiger partial charge is 0.347 e. The SMILES string of the molecule is CC(C)(C)Cn1cc(CNS(=O)C2CC2)c2ccc(-c3ccc(F)cc3C(F)F)cc21. The molecule has 7 heteroatoms. The molecular formula is C24H27F3N2OS. The summed E-state index contributed by atoms with van der Waals surface area (Å²) in [6, 6.07) is 9.13. The van der Waals surface area contributed by atoms with Crippen molar-refractivity contribution in [3.05, 3.63) is 59.5 Å². The molecule has 1 aromatic heterocycles. The molecule has 1 heterocycles. The molecule has 1 atom stereocenters. The molecule has 1 N–H and O–H groups in total. The Kier molecular flexibility index (Phi) is 6.01. The van der Waals surface area contributed by atoms with Crippen LogP contribution in [0.25, 0.3) is 22.0 Å². The van der Waals surface area contributed by atoms with Crippen LogP contribution in [0.4, 0.5) is 13.2 Å². The van der Waals surface area contributed by atoms with E-state index in [4.69, 9.17) is 0 Å². The van der Waals surface area contributed by atoms with Gasteiger partial charge in [-0.05, 0) is 53.1 Å². The normalized spacial score (nSPS) is 15.7. The minimum absolute atomic E-state index is 0.00743. The summed E-state index contributed by atoms with van der Waals surface area (Å²) >= 11 is 0. The minimum atomic E-state index is -2.76. The summed E-state index contributed by atoms with van der Waals surface area (Å²) in [6.07, 6.45) is 1.28. The number of fused-ring (bicyclic) bond motifs is 1. The second-order valence-electron chi connectivity index (χ2n) is 9.42. The zero-order chi connectivity index (χ0) is 22.3. The predicted molar refractivity (Wildman–Crippen MR) is 120 cm³/mol. The van der Waals surface area contributed by atoms with E-state index < -0.39 is 23.2 Å². The van der Waals surface area contributed by atoms with Gasteiger partial charge in [0.25, 0.3) is 6.43 Å². The van der Waals surface area contributed by atoms with Crippen molar-refractivity contribution in [3.8, 4) is 11.1 Å². The van der Waals surface area contributed by atoms with Gasteiger partial charge in [0, 0.05) is 41.0 Å². The monoisotopic (exact) mass is 448 g/mol. The van der Waals surface area contributed by atoms with E-state index in [0.717, 1.165) is 41.9 Å². The van der Waals surface area contributed by atoms with Gasteiger partial charge in [-0.25, -0.2) is 22.1 Å². The highest BCUT2D eigenvalue weighted by atomic mass is 32.2. The number of halogens is 3. The molecule has 3 nitrogen and oxygen atoms in total. The Balaban J connectivity index is 1.76. The highest BCUT2D eigenvalue weighted by Gasteiger charge is 2.28. The molecule has 0 aliphatic heterocycles. The molecule has 0 bridgehead atoms. The molecule has 166 valence electrons. The number of rotatable bonds is 7. The number of hydrogen-bond donors (Lipinski definition) is 1. The van der Waals surface area contributed by atoms with Crippen molar-refractivity contribution in [2.45, 2.75) is 58.4 Å². The Hall–Kier alpha value is -2.12. The molecule has 3 aromatic rings. The first kappa shape index (κ1) is 22.1. The van der Waals surface area contributed by atoms with Crippen LogP contribution in [-0.4, -0.2) is 14.0 Å². The van der Waals surface area contributed by atoms with Crippen LogP contribution in [0.5, 0.6) is 0 Å². The fourth-order valence-corrected chi connectivity index (χ4v) is 4.94. The first-order chi connectivity index (χ1) is 14.6. The zero-order valence-electron chi connectivity index (χ0n) is 17.9. The van der Waals surface area contributed by atoms with Crippen LogP contribution in [0.3, 0.4) is 0 Å². The summed E-state index contributed by atoms with van der Waals surface area (Å²) in [5, 5.41) is 1.25. The van der Waals surface area contributed by atoms with E-state index in [1.165, 1.54) is 12.1 Å². The summed E-state index contributed by atoms with van der Waals surface area (Å²) in [4.78, 5) is 0. The van der Waals surface area contributed by atoms with E-state index in [-0.39, 0.29) is 16.2 Å². The molecule has 0 spiro atoms. The van der Waals surface area contributed by atoms with Gasteiger partial charge >= 0.3 is 0 Å². The van der Waals surface area contributed by atoms with E-state index in [9.17, 15) is 17.4 Å².